The third kappa shape index (κ3) is 2.74. The average Bonchev–Trinajstić information content (AvgIpc) is 2.69. The van der Waals surface area contributed by atoms with Gasteiger partial charge in [0.2, 0.25) is 0 Å². The minimum Gasteiger partial charge on any atom is -0.466 e. The zero-order valence-corrected chi connectivity index (χ0v) is 11.9. The molecule has 4 heteroatoms. The SMILES string of the molecule is Cc1cc(C(C)Nc2cccc(Cl)c2C#N)c(C)o1. The topological polar surface area (TPSA) is 49.0 Å². The number of nitrogens with one attached hydrogen (secondary N) is 1. The lowest BCUT2D eigenvalue weighted by Gasteiger charge is -2.16. The highest BCUT2D eigenvalue weighted by molar-refractivity contribution is 6.32. The molecule has 0 amide bonds. The molecule has 0 saturated heterocycles. The van der Waals surface area contributed by atoms with Crippen molar-refractivity contribution in [2.24, 2.45) is 0 Å². The van der Waals surface area contributed by atoms with Gasteiger partial charge in [0.25, 0.3) is 0 Å². The Labute approximate surface area is 117 Å². The van der Waals surface area contributed by atoms with E-state index in [1.54, 1.807) is 6.07 Å². The average molecular weight is 275 g/mol. The number of hydrogen-bond donors (Lipinski definition) is 1. The number of aryl methyl sites for hydroxylation is 2. The first kappa shape index (κ1) is 13.5. The lowest BCUT2D eigenvalue weighted by molar-refractivity contribution is 0.500. The van der Waals surface area contributed by atoms with Crippen molar-refractivity contribution in [2.45, 2.75) is 26.8 Å². The highest BCUT2D eigenvalue weighted by Crippen LogP contribution is 2.29. The van der Waals surface area contributed by atoms with Gasteiger partial charge in [0.05, 0.1) is 22.3 Å². The van der Waals surface area contributed by atoms with Crippen LogP contribution >= 0.6 is 11.6 Å². The minimum atomic E-state index is 0.0445. The van der Waals surface area contributed by atoms with Crippen LogP contribution in [-0.4, -0.2) is 0 Å². The number of halogens is 1. The third-order valence-electron chi connectivity index (χ3n) is 3.04. The summed E-state index contributed by atoms with van der Waals surface area (Å²) >= 11 is 6.01. The smallest absolute Gasteiger partial charge is 0.106 e. The van der Waals surface area contributed by atoms with Gasteiger partial charge in [0, 0.05) is 5.56 Å². The third-order valence-corrected chi connectivity index (χ3v) is 3.36. The fourth-order valence-corrected chi connectivity index (χ4v) is 2.37. The zero-order valence-electron chi connectivity index (χ0n) is 11.1. The summed E-state index contributed by atoms with van der Waals surface area (Å²) in [5.41, 5.74) is 2.29. The Kier molecular flexibility index (Phi) is 3.82. The summed E-state index contributed by atoms with van der Waals surface area (Å²) < 4.78 is 5.52. The van der Waals surface area contributed by atoms with Gasteiger partial charge in [-0.1, -0.05) is 17.7 Å². The van der Waals surface area contributed by atoms with Gasteiger partial charge in [-0.05, 0) is 39.0 Å². The van der Waals surface area contributed by atoms with Crippen molar-refractivity contribution >= 4 is 17.3 Å². The van der Waals surface area contributed by atoms with Crippen LogP contribution in [0.25, 0.3) is 0 Å². The lowest BCUT2D eigenvalue weighted by Crippen LogP contribution is -2.08. The van der Waals surface area contributed by atoms with Crippen LogP contribution in [0.4, 0.5) is 5.69 Å². The first-order chi connectivity index (χ1) is 9.02. The molecule has 0 aliphatic heterocycles. The molecule has 2 rings (SSSR count). The van der Waals surface area contributed by atoms with Crippen molar-refractivity contribution in [1.29, 1.82) is 5.26 Å². The minimum absolute atomic E-state index is 0.0445. The second-order valence-corrected chi connectivity index (χ2v) is 4.92. The van der Waals surface area contributed by atoms with E-state index < -0.39 is 0 Å². The maximum Gasteiger partial charge on any atom is 0.106 e. The Balaban J connectivity index is 2.30. The maximum absolute atomic E-state index is 9.15. The Bertz CT molecular complexity index is 640. The van der Waals surface area contributed by atoms with E-state index in [0.29, 0.717) is 10.6 Å². The van der Waals surface area contributed by atoms with Crippen LogP contribution in [0.3, 0.4) is 0 Å². The Morgan fingerprint density at radius 2 is 2.11 bits per heavy atom. The van der Waals surface area contributed by atoms with Crippen molar-refractivity contribution in [3.05, 3.63) is 51.9 Å². The van der Waals surface area contributed by atoms with Crippen molar-refractivity contribution in [3.8, 4) is 6.07 Å². The molecule has 0 spiro atoms. The van der Waals surface area contributed by atoms with Crippen LogP contribution in [0.2, 0.25) is 5.02 Å². The first-order valence-electron chi connectivity index (χ1n) is 6.05. The van der Waals surface area contributed by atoms with Crippen molar-refractivity contribution in [2.75, 3.05) is 5.32 Å². The normalized spacial score (nSPS) is 11.9. The van der Waals surface area contributed by atoms with Gasteiger partial charge in [-0.15, -0.1) is 0 Å². The van der Waals surface area contributed by atoms with E-state index in [2.05, 4.69) is 11.4 Å². The molecule has 0 fully saturated rings. The van der Waals surface area contributed by atoms with Crippen molar-refractivity contribution in [1.82, 2.24) is 0 Å². The molecular weight excluding hydrogens is 260 g/mol. The molecule has 0 bridgehead atoms. The van der Waals surface area contributed by atoms with Gasteiger partial charge < -0.3 is 9.73 Å². The molecule has 2 aromatic rings. The number of nitriles is 1. The van der Waals surface area contributed by atoms with Crippen LogP contribution < -0.4 is 5.32 Å². The molecule has 0 aliphatic carbocycles. The molecule has 1 unspecified atom stereocenters. The van der Waals surface area contributed by atoms with Crippen molar-refractivity contribution in [3.63, 3.8) is 0 Å². The fraction of sp³-hybridized carbons (Fsp3) is 0.267. The second-order valence-electron chi connectivity index (χ2n) is 4.51. The molecule has 1 aromatic carbocycles. The number of nitrogens with zero attached hydrogens (tertiary/aromatic N) is 1. The molecule has 1 aromatic heterocycles. The maximum atomic E-state index is 9.15. The van der Waals surface area contributed by atoms with Gasteiger partial charge >= 0.3 is 0 Å². The highest BCUT2D eigenvalue weighted by Gasteiger charge is 2.14. The van der Waals surface area contributed by atoms with Gasteiger partial charge in [-0.3, -0.25) is 0 Å². The monoisotopic (exact) mass is 274 g/mol. The summed E-state index contributed by atoms with van der Waals surface area (Å²) in [6, 6.07) is 9.56. The van der Waals surface area contributed by atoms with E-state index in [9.17, 15) is 0 Å². The Hall–Kier alpha value is -1.92. The first-order valence-corrected chi connectivity index (χ1v) is 6.42. The molecule has 0 saturated carbocycles. The summed E-state index contributed by atoms with van der Waals surface area (Å²) in [6.45, 7) is 5.88. The molecule has 1 atom stereocenters. The van der Waals surface area contributed by atoms with Crippen LogP contribution in [0.1, 0.15) is 35.6 Å². The predicted molar refractivity (Wildman–Crippen MR) is 76.4 cm³/mol. The molecular formula is C15H15ClN2O. The molecule has 0 aliphatic rings. The largest absolute Gasteiger partial charge is 0.466 e. The van der Waals surface area contributed by atoms with Crippen LogP contribution in [0, 0.1) is 25.2 Å². The number of benzene rings is 1. The summed E-state index contributed by atoms with van der Waals surface area (Å²) in [5.74, 6) is 1.77. The van der Waals surface area contributed by atoms with E-state index >= 15 is 0 Å². The summed E-state index contributed by atoms with van der Waals surface area (Å²) in [5, 5.41) is 12.9. The Morgan fingerprint density at radius 1 is 1.37 bits per heavy atom. The molecule has 0 radical (unpaired) electrons. The summed E-state index contributed by atoms with van der Waals surface area (Å²) in [7, 11) is 0. The van der Waals surface area contributed by atoms with E-state index in [1.165, 1.54) is 0 Å². The van der Waals surface area contributed by atoms with Gasteiger partial charge in [-0.2, -0.15) is 5.26 Å². The molecule has 1 N–H and O–H groups in total. The highest BCUT2D eigenvalue weighted by atomic mass is 35.5. The number of anilines is 1. The Morgan fingerprint density at radius 3 is 2.68 bits per heavy atom. The quantitative estimate of drug-likeness (QED) is 0.890. The van der Waals surface area contributed by atoms with Crippen molar-refractivity contribution < 1.29 is 4.42 Å². The standard InChI is InChI=1S/C15H15ClN2O/c1-9-7-12(11(3)19-9)10(2)18-15-6-4-5-14(16)13(15)8-17/h4-7,10,18H,1-3H3. The van der Waals surface area contributed by atoms with Gasteiger partial charge in [0.1, 0.15) is 17.6 Å². The van der Waals surface area contributed by atoms with Crippen LogP contribution in [0.15, 0.2) is 28.7 Å². The second kappa shape index (κ2) is 5.38. The number of rotatable bonds is 3. The fourth-order valence-electron chi connectivity index (χ4n) is 2.15. The van der Waals surface area contributed by atoms with Gasteiger partial charge in [-0.25, -0.2) is 0 Å². The van der Waals surface area contributed by atoms with Gasteiger partial charge in [0.15, 0.2) is 0 Å². The van der Waals surface area contributed by atoms with E-state index in [-0.39, 0.29) is 6.04 Å². The summed E-state index contributed by atoms with van der Waals surface area (Å²) in [6.07, 6.45) is 0. The van der Waals surface area contributed by atoms with E-state index in [1.807, 2.05) is 39.0 Å². The number of hydrogen-bond acceptors (Lipinski definition) is 3. The van der Waals surface area contributed by atoms with Crippen LogP contribution in [-0.2, 0) is 0 Å². The zero-order chi connectivity index (χ0) is 14.0. The molecule has 98 valence electrons. The van der Waals surface area contributed by atoms with Crippen LogP contribution in [0.5, 0.6) is 0 Å². The molecule has 1 heterocycles. The molecule has 3 nitrogen and oxygen atoms in total. The molecule has 19 heavy (non-hydrogen) atoms. The number of furan rings is 1. The van der Waals surface area contributed by atoms with E-state index in [0.717, 1.165) is 22.8 Å². The van der Waals surface area contributed by atoms with E-state index in [4.69, 9.17) is 21.3 Å². The predicted octanol–water partition coefficient (Wildman–Crippen LogP) is 4.59. The lowest BCUT2D eigenvalue weighted by atomic mass is 10.1. The summed E-state index contributed by atoms with van der Waals surface area (Å²) in [4.78, 5) is 0.